The van der Waals surface area contributed by atoms with Gasteiger partial charge in [-0.1, -0.05) is 13.0 Å². The van der Waals surface area contributed by atoms with Crippen LogP contribution in [0.5, 0.6) is 0 Å². The van der Waals surface area contributed by atoms with Crippen molar-refractivity contribution in [2.45, 2.75) is 32.0 Å². The van der Waals surface area contributed by atoms with E-state index < -0.39 is 17.7 Å². The molecule has 5 heteroatoms. The summed E-state index contributed by atoms with van der Waals surface area (Å²) in [5.41, 5.74) is 0.350. The van der Waals surface area contributed by atoms with Crippen molar-refractivity contribution in [2.24, 2.45) is 0 Å². The number of nitrogens with one attached hydrogen (secondary N) is 1. The van der Waals surface area contributed by atoms with Crippen molar-refractivity contribution in [3.63, 3.8) is 0 Å². The highest BCUT2D eigenvalue weighted by atomic mass is 19.2. The maximum Gasteiger partial charge on any atom is 0.159 e. The average Bonchev–Trinajstić information content (AvgIpc) is 2.95. The molecule has 1 heterocycles. The zero-order valence-electron chi connectivity index (χ0n) is 11.1. The molecule has 2 atom stereocenters. The molecule has 0 aliphatic rings. The van der Waals surface area contributed by atoms with Gasteiger partial charge in [0.05, 0.1) is 18.9 Å². The lowest BCUT2D eigenvalue weighted by Gasteiger charge is -2.23. The Balaban J connectivity index is 2.03. The predicted molar refractivity (Wildman–Crippen MR) is 70.9 cm³/mol. The van der Waals surface area contributed by atoms with Crippen molar-refractivity contribution in [1.29, 1.82) is 0 Å². The first-order valence-corrected chi connectivity index (χ1v) is 6.50. The summed E-state index contributed by atoms with van der Waals surface area (Å²) in [5.74, 6) is -1.12. The van der Waals surface area contributed by atoms with E-state index >= 15 is 0 Å². The molecule has 0 amide bonds. The van der Waals surface area contributed by atoms with Crippen LogP contribution in [0.15, 0.2) is 41.0 Å². The first-order chi connectivity index (χ1) is 9.61. The third kappa shape index (κ3) is 3.43. The highest BCUT2D eigenvalue weighted by molar-refractivity contribution is 5.21. The fourth-order valence-corrected chi connectivity index (χ4v) is 2.05. The Morgan fingerprint density at radius 1 is 1.25 bits per heavy atom. The summed E-state index contributed by atoms with van der Waals surface area (Å²) in [5, 5.41) is 13.4. The van der Waals surface area contributed by atoms with Gasteiger partial charge in [-0.05, 0) is 36.2 Å². The van der Waals surface area contributed by atoms with Crippen LogP contribution in [0.25, 0.3) is 0 Å². The molecule has 0 spiro atoms. The van der Waals surface area contributed by atoms with Crippen LogP contribution in [0.4, 0.5) is 8.78 Å². The van der Waals surface area contributed by atoms with Crippen molar-refractivity contribution in [3.8, 4) is 0 Å². The molecule has 2 aromatic rings. The Hall–Kier alpha value is -1.72. The summed E-state index contributed by atoms with van der Waals surface area (Å²) >= 11 is 0. The Morgan fingerprint density at radius 2 is 2.05 bits per heavy atom. The number of hydrogen-bond donors (Lipinski definition) is 2. The van der Waals surface area contributed by atoms with E-state index in [9.17, 15) is 13.9 Å². The van der Waals surface area contributed by atoms with Gasteiger partial charge in [0.1, 0.15) is 5.76 Å². The Labute approximate surface area is 116 Å². The number of furan rings is 1. The Morgan fingerprint density at radius 3 is 2.65 bits per heavy atom. The number of benzene rings is 1. The second-order valence-corrected chi connectivity index (χ2v) is 4.59. The van der Waals surface area contributed by atoms with Gasteiger partial charge in [0.15, 0.2) is 11.6 Å². The first kappa shape index (κ1) is 14.7. The lowest BCUT2D eigenvalue weighted by atomic mass is 10.00. The lowest BCUT2D eigenvalue weighted by molar-refractivity contribution is 0.123. The van der Waals surface area contributed by atoms with E-state index in [0.717, 1.165) is 17.9 Å². The molecule has 0 aliphatic heterocycles. The van der Waals surface area contributed by atoms with Crippen molar-refractivity contribution < 1.29 is 18.3 Å². The largest absolute Gasteiger partial charge is 0.468 e. The Bertz CT molecular complexity index is 543. The molecular weight excluding hydrogens is 264 g/mol. The predicted octanol–water partition coefficient (Wildman–Crippen LogP) is 3.16. The summed E-state index contributed by atoms with van der Waals surface area (Å²) in [6.07, 6.45) is 1.30. The molecule has 0 bridgehead atoms. The normalized spacial score (nSPS) is 14.2. The van der Waals surface area contributed by atoms with Crippen LogP contribution >= 0.6 is 0 Å². The minimum atomic E-state index is -0.956. The fraction of sp³-hybridized carbons (Fsp3) is 0.333. The summed E-state index contributed by atoms with van der Waals surface area (Å²) in [6, 6.07) is 6.77. The molecule has 3 nitrogen and oxygen atoms in total. The molecule has 0 saturated heterocycles. The molecular formula is C15H17F2NO2. The molecule has 108 valence electrons. The topological polar surface area (TPSA) is 45.4 Å². The van der Waals surface area contributed by atoms with E-state index in [4.69, 9.17) is 4.42 Å². The van der Waals surface area contributed by atoms with Crippen LogP contribution in [-0.4, -0.2) is 11.1 Å². The van der Waals surface area contributed by atoms with E-state index in [1.165, 1.54) is 6.07 Å². The molecule has 2 rings (SSSR count). The van der Waals surface area contributed by atoms with E-state index in [0.29, 0.717) is 18.5 Å². The molecule has 1 aromatic carbocycles. The molecule has 20 heavy (non-hydrogen) atoms. The standard InChI is InChI=1S/C15H17F2NO2/c1-2-14(18-9-11-4-3-7-20-11)15(19)10-5-6-12(16)13(17)8-10/h3-8,14-15,18-19H,2,9H2,1H3. The highest BCUT2D eigenvalue weighted by Crippen LogP contribution is 2.21. The second kappa shape index (κ2) is 6.63. The molecule has 2 N–H and O–H groups in total. The SMILES string of the molecule is CCC(NCc1ccco1)C(O)c1ccc(F)c(F)c1. The maximum atomic E-state index is 13.2. The average molecular weight is 281 g/mol. The highest BCUT2D eigenvalue weighted by Gasteiger charge is 2.20. The van der Waals surface area contributed by atoms with Crippen molar-refractivity contribution in [3.05, 3.63) is 59.6 Å². The summed E-state index contributed by atoms with van der Waals surface area (Å²) in [7, 11) is 0. The summed E-state index contributed by atoms with van der Waals surface area (Å²) in [6.45, 7) is 2.37. The van der Waals surface area contributed by atoms with Crippen molar-refractivity contribution >= 4 is 0 Å². The first-order valence-electron chi connectivity index (χ1n) is 6.50. The molecule has 0 fully saturated rings. The lowest BCUT2D eigenvalue weighted by Crippen LogP contribution is -2.34. The van der Waals surface area contributed by atoms with Gasteiger partial charge < -0.3 is 14.8 Å². The Kier molecular flexibility index (Phi) is 4.87. The van der Waals surface area contributed by atoms with Gasteiger partial charge in [0.25, 0.3) is 0 Å². The van der Waals surface area contributed by atoms with Gasteiger partial charge in [0, 0.05) is 6.04 Å². The van der Waals surface area contributed by atoms with E-state index in [-0.39, 0.29) is 6.04 Å². The van der Waals surface area contributed by atoms with Gasteiger partial charge in [0.2, 0.25) is 0 Å². The van der Waals surface area contributed by atoms with Crippen LogP contribution in [0.1, 0.15) is 30.8 Å². The van der Waals surface area contributed by atoms with Crippen molar-refractivity contribution in [2.75, 3.05) is 0 Å². The van der Waals surface area contributed by atoms with Crippen LogP contribution in [0.3, 0.4) is 0 Å². The van der Waals surface area contributed by atoms with Crippen LogP contribution in [-0.2, 0) is 6.54 Å². The van der Waals surface area contributed by atoms with Crippen LogP contribution in [0.2, 0.25) is 0 Å². The third-order valence-electron chi connectivity index (χ3n) is 3.22. The quantitative estimate of drug-likeness (QED) is 0.855. The molecule has 0 aliphatic carbocycles. The van der Waals surface area contributed by atoms with Gasteiger partial charge in [-0.2, -0.15) is 0 Å². The van der Waals surface area contributed by atoms with Gasteiger partial charge in [-0.15, -0.1) is 0 Å². The third-order valence-corrected chi connectivity index (χ3v) is 3.22. The maximum absolute atomic E-state index is 13.2. The van der Waals surface area contributed by atoms with Gasteiger partial charge in [-0.25, -0.2) is 8.78 Å². The fourth-order valence-electron chi connectivity index (χ4n) is 2.05. The monoisotopic (exact) mass is 281 g/mol. The number of aliphatic hydroxyl groups is 1. The molecule has 2 unspecified atom stereocenters. The summed E-state index contributed by atoms with van der Waals surface area (Å²) < 4.78 is 31.3. The van der Waals surface area contributed by atoms with E-state index in [1.807, 2.05) is 13.0 Å². The smallest absolute Gasteiger partial charge is 0.159 e. The van der Waals surface area contributed by atoms with Gasteiger partial charge >= 0.3 is 0 Å². The van der Waals surface area contributed by atoms with E-state index in [2.05, 4.69) is 5.32 Å². The minimum absolute atomic E-state index is 0.273. The molecule has 0 saturated carbocycles. The number of rotatable bonds is 6. The van der Waals surface area contributed by atoms with E-state index in [1.54, 1.807) is 12.3 Å². The van der Waals surface area contributed by atoms with Gasteiger partial charge in [-0.3, -0.25) is 0 Å². The zero-order chi connectivity index (χ0) is 14.5. The van der Waals surface area contributed by atoms with Crippen molar-refractivity contribution in [1.82, 2.24) is 5.32 Å². The minimum Gasteiger partial charge on any atom is -0.468 e. The van der Waals surface area contributed by atoms with Crippen LogP contribution in [0, 0.1) is 11.6 Å². The molecule has 0 radical (unpaired) electrons. The number of aliphatic hydroxyl groups excluding tert-OH is 1. The second-order valence-electron chi connectivity index (χ2n) is 4.59. The molecule has 1 aromatic heterocycles. The van der Waals surface area contributed by atoms with Crippen LogP contribution < -0.4 is 5.32 Å². The number of halogens is 2. The zero-order valence-corrected chi connectivity index (χ0v) is 11.1. The number of hydrogen-bond acceptors (Lipinski definition) is 3. The summed E-state index contributed by atoms with van der Waals surface area (Å²) in [4.78, 5) is 0.